The van der Waals surface area contributed by atoms with Gasteiger partial charge in [-0.3, -0.25) is 0 Å². The molecule has 28 heavy (non-hydrogen) atoms. The molecule has 0 atom stereocenters. The lowest BCUT2D eigenvalue weighted by Gasteiger charge is -2.17. The zero-order valence-corrected chi connectivity index (χ0v) is 18.4. The number of hydrogen-bond acceptors (Lipinski definition) is 2. The Hall–Kier alpha value is -2.42. The van der Waals surface area contributed by atoms with Gasteiger partial charge in [-0.25, -0.2) is 0 Å². The fourth-order valence-electron chi connectivity index (χ4n) is 3.84. The van der Waals surface area contributed by atoms with E-state index in [2.05, 4.69) is 100 Å². The van der Waals surface area contributed by atoms with Crippen LogP contribution < -0.4 is 0 Å². The van der Waals surface area contributed by atoms with Crippen LogP contribution in [0, 0.1) is 27.7 Å². The van der Waals surface area contributed by atoms with Gasteiger partial charge in [0.1, 0.15) is 0 Å². The Labute approximate surface area is 175 Å². The van der Waals surface area contributed by atoms with Crippen LogP contribution in [-0.4, -0.2) is 0 Å². The highest BCUT2D eigenvalue weighted by atomic mass is 32.1. The van der Waals surface area contributed by atoms with Gasteiger partial charge in [0.15, 0.2) is 0 Å². The van der Waals surface area contributed by atoms with Gasteiger partial charge in [-0.2, -0.15) is 0 Å². The Morgan fingerprint density at radius 3 is 1.18 bits per heavy atom. The molecule has 0 fully saturated rings. The summed E-state index contributed by atoms with van der Waals surface area (Å²) in [5, 5.41) is 0. The predicted octanol–water partition coefficient (Wildman–Crippen LogP) is 8.05. The Kier molecular flexibility index (Phi) is 5.34. The molecule has 0 spiro atoms. The van der Waals surface area contributed by atoms with E-state index < -0.39 is 0 Å². The van der Waals surface area contributed by atoms with Gasteiger partial charge in [0, 0.05) is 19.5 Å². The van der Waals surface area contributed by atoms with Crippen molar-refractivity contribution in [1.82, 2.24) is 0 Å². The minimum Gasteiger partial charge on any atom is -0.145 e. The summed E-state index contributed by atoms with van der Waals surface area (Å²) in [4.78, 5) is 5.45. The molecule has 2 heterocycles. The molecule has 4 rings (SSSR count). The molecule has 0 amide bonds. The van der Waals surface area contributed by atoms with Crippen molar-refractivity contribution >= 4 is 33.8 Å². The molecule has 2 aromatic carbocycles. The van der Waals surface area contributed by atoms with Crippen LogP contribution in [0.15, 0.2) is 72.8 Å². The first-order valence-corrected chi connectivity index (χ1v) is 11.2. The Bertz CT molecular complexity index is 1030. The quantitative estimate of drug-likeness (QED) is 0.304. The minimum atomic E-state index is 1.27. The average molecular weight is 401 g/mol. The van der Waals surface area contributed by atoms with Crippen molar-refractivity contribution < 1.29 is 0 Å². The van der Waals surface area contributed by atoms with Gasteiger partial charge in [-0.05, 0) is 73.2 Å². The van der Waals surface area contributed by atoms with Crippen LogP contribution in [0.1, 0.15) is 41.8 Å². The molecular weight excluding hydrogens is 376 g/mol. The van der Waals surface area contributed by atoms with E-state index in [1.165, 1.54) is 52.9 Å². The van der Waals surface area contributed by atoms with E-state index in [4.69, 9.17) is 0 Å². The number of benzene rings is 2. The molecule has 0 aliphatic heterocycles. The lowest BCUT2D eigenvalue weighted by Crippen LogP contribution is -1.97. The molecule has 2 heteroatoms. The van der Waals surface area contributed by atoms with Crippen molar-refractivity contribution in [3.63, 3.8) is 0 Å². The summed E-state index contributed by atoms with van der Waals surface area (Å²) in [6, 6.07) is 26.4. The van der Waals surface area contributed by atoms with Crippen molar-refractivity contribution in [2.24, 2.45) is 0 Å². The maximum atomic E-state index is 2.35. The third-order valence-electron chi connectivity index (χ3n) is 5.00. The second-order valence-corrected chi connectivity index (χ2v) is 10.1. The highest BCUT2D eigenvalue weighted by Gasteiger charge is 2.20. The van der Waals surface area contributed by atoms with Crippen LogP contribution in [0.2, 0.25) is 0 Å². The Morgan fingerprint density at radius 2 is 0.893 bits per heavy atom. The number of aryl methyl sites for hydroxylation is 4. The molecule has 2 aromatic heterocycles. The lowest BCUT2D eigenvalue weighted by atomic mass is 9.86. The molecular formula is C26H24S2. The number of hydrogen-bond donors (Lipinski definition) is 0. The standard InChI is InChI=1S/C26H24S2/c1-17-15-23(19(3)27-17)25(21-11-7-5-8-12-21)26(22-13-9-6-10-14-22)24-16-18(2)28-20(24)4/h5-16H,1-4H3/b26-25+. The Balaban J connectivity index is 2.15. The topological polar surface area (TPSA) is 0 Å². The van der Waals surface area contributed by atoms with Crippen LogP contribution in [0.25, 0.3) is 11.1 Å². The smallest absolute Gasteiger partial charge is 0.00958 e. The van der Waals surface area contributed by atoms with Gasteiger partial charge < -0.3 is 0 Å². The largest absolute Gasteiger partial charge is 0.145 e. The van der Waals surface area contributed by atoms with Crippen molar-refractivity contribution in [1.29, 1.82) is 0 Å². The molecule has 0 saturated heterocycles. The highest BCUT2D eigenvalue weighted by molar-refractivity contribution is 7.12. The monoisotopic (exact) mass is 400 g/mol. The normalized spacial score (nSPS) is 12.1. The molecule has 0 unspecified atom stereocenters. The first-order valence-electron chi connectivity index (χ1n) is 9.54. The summed E-state index contributed by atoms with van der Waals surface area (Å²) in [5.74, 6) is 0. The van der Waals surface area contributed by atoms with Crippen LogP contribution in [0.3, 0.4) is 0 Å². The molecule has 0 nitrogen and oxygen atoms in total. The first kappa shape index (κ1) is 18.9. The number of thiophene rings is 2. The fraction of sp³-hybridized carbons (Fsp3) is 0.154. The van der Waals surface area contributed by atoms with Crippen LogP contribution in [0.4, 0.5) is 0 Å². The minimum absolute atomic E-state index is 1.27. The van der Waals surface area contributed by atoms with E-state index in [-0.39, 0.29) is 0 Å². The summed E-state index contributed by atoms with van der Waals surface area (Å²) in [6.45, 7) is 8.88. The summed E-state index contributed by atoms with van der Waals surface area (Å²) in [6.07, 6.45) is 0. The van der Waals surface area contributed by atoms with E-state index in [0.29, 0.717) is 0 Å². The van der Waals surface area contributed by atoms with E-state index in [1.807, 2.05) is 22.7 Å². The predicted molar refractivity (Wildman–Crippen MR) is 125 cm³/mol. The fourth-order valence-corrected chi connectivity index (χ4v) is 5.70. The van der Waals surface area contributed by atoms with Gasteiger partial charge in [-0.15, -0.1) is 22.7 Å². The Morgan fingerprint density at radius 1 is 0.536 bits per heavy atom. The molecule has 0 radical (unpaired) electrons. The van der Waals surface area contributed by atoms with E-state index >= 15 is 0 Å². The summed E-state index contributed by atoms with van der Waals surface area (Å²) in [5.41, 5.74) is 7.88. The van der Waals surface area contributed by atoms with Crippen molar-refractivity contribution in [3.05, 3.63) is 115 Å². The van der Waals surface area contributed by atoms with Gasteiger partial charge in [0.05, 0.1) is 0 Å². The number of rotatable bonds is 4. The highest BCUT2D eigenvalue weighted by Crippen LogP contribution is 2.42. The molecule has 140 valence electrons. The van der Waals surface area contributed by atoms with E-state index in [9.17, 15) is 0 Å². The van der Waals surface area contributed by atoms with Crippen LogP contribution in [0.5, 0.6) is 0 Å². The van der Waals surface area contributed by atoms with Crippen molar-refractivity contribution in [2.45, 2.75) is 27.7 Å². The zero-order chi connectivity index (χ0) is 19.7. The summed E-state index contributed by atoms with van der Waals surface area (Å²) >= 11 is 3.76. The maximum absolute atomic E-state index is 2.35. The van der Waals surface area contributed by atoms with Gasteiger partial charge in [0.25, 0.3) is 0 Å². The van der Waals surface area contributed by atoms with Gasteiger partial charge in [0.2, 0.25) is 0 Å². The molecule has 0 N–H and O–H groups in total. The summed E-state index contributed by atoms with van der Waals surface area (Å²) in [7, 11) is 0. The molecule has 4 aromatic rings. The SMILES string of the molecule is Cc1cc(/C(=C(\c2ccccc2)c2cc(C)sc2C)c2ccccc2)c(C)s1. The maximum Gasteiger partial charge on any atom is 0.00958 e. The third-order valence-corrected chi connectivity index (χ3v) is 6.93. The second-order valence-electron chi connectivity index (χ2n) is 7.14. The first-order chi connectivity index (χ1) is 13.5. The lowest BCUT2D eigenvalue weighted by molar-refractivity contribution is 1.47. The summed E-state index contributed by atoms with van der Waals surface area (Å²) < 4.78 is 0. The van der Waals surface area contributed by atoms with E-state index in [1.54, 1.807) is 0 Å². The molecule has 0 aliphatic rings. The molecule has 0 bridgehead atoms. The zero-order valence-electron chi connectivity index (χ0n) is 16.7. The molecule has 0 saturated carbocycles. The van der Waals surface area contributed by atoms with Gasteiger partial charge in [-0.1, -0.05) is 60.7 Å². The van der Waals surface area contributed by atoms with Crippen molar-refractivity contribution in [3.8, 4) is 0 Å². The second kappa shape index (κ2) is 7.90. The molecule has 0 aliphatic carbocycles. The van der Waals surface area contributed by atoms with E-state index in [0.717, 1.165) is 0 Å². The van der Waals surface area contributed by atoms with Crippen LogP contribution >= 0.6 is 22.7 Å². The van der Waals surface area contributed by atoms with Crippen LogP contribution in [-0.2, 0) is 0 Å². The average Bonchev–Trinajstić information content (AvgIpc) is 3.20. The van der Waals surface area contributed by atoms with Gasteiger partial charge >= 0.3 is 0 Å². The van der Waals surface area contributed by atoms with Crippen molar-refractivity contribution in [2.75, 3.05) is 0 Å². The third kappa shape index (κ3) is 3.63.